The van der Waals surface area contributed by atoms with E-state index in [-0.39, 0.29) is 5.92 Å². The molecular formula is C13H18INO3. The Morgan fingerprint density at radius 1 is 1.50 bits per heavy atom. The summed E-state index contributed by atoms with van der Waals surface area (Å²) in [5.74, 6) is -0.268. The van der Waals surface area contributed by atoms with E-state index in [1.54, 1.807) is 6.92 Å². The third-order valence-corrected chi connectivity index (χ3v) is 3.89. The van der Waals surface area contributed by atoms with Gasteiger partial charge in [-0.25, -0.2) is 4.79 Å². The number of amides is 1. The van der Waals surface area contributed by atoms with Crippen LogP contribution in [0.25, 0.3) is 0 Å². The molecule has 0 fully saturated rings. The summed E-state index contributed by atoms with van der Waals surface area (Å²) in [7, 11) is 0. The van der Waals surface area contributed by atoms with Gasteiger partial charge in [-0.15, -0.1) is 0 Å². The van der Waals surface area contributed by atoms with Crippen molar-refractivity contribution < 1.29 is 14.6 Å². The number of aliphatic hydroxyl groups excluding tert-OH is 1. The van der Waals surface area contributed by atoms with Gasteiger partial charge in [-0.2, -0.15) is 0 Å². The number of hydrogen-bond acceptors (Lipinski definition) is 3. The number of carbonyl (C=O) groups is 1. The van der Waals surface area contributed by atoms with E-state index in [1.807, 2.05) is 31.2 Å². The van der Waals surface area contributed by atoms with Crippen LogP contribution in [0.1, 0.15) is 31.7 Å². The van der Waals surface area contributed by atoms with Crippen molar-refractivity contribution in [3.8, 4) is 0 Å². The first kappa shape index (κ1) is 15.2. The zero-order valence-corrected chi connectivity index (χ0v) is 12.6. The third-order valence-electron chi connectivity index (χ3n) is 2.90. The van der Waals surface area contributed by atoms with Gasteiger partial charge in [0.25, 0.3) is 0 Å². The van der Waals surface area contributed by atoms with Gasteiger partial charge in [0.05, 0.1) is 6.10 Å². The smallest absolute Gasteiger partial charge is 0.404 e. The van der Waals surface area contributed by atoms with E-state index in [9.17, 15) is 9.90 Å². The van der Waals surface area contributed by atoms with Crippen LogP contribution in [-0.4, -0.2) is 23.4 Å². The Morgan fingerprint density at radius 2 is 2.11 bits per heavy atom. The summed E-state index contributed by atoms with van der Waals surface area (Å²) in [6.07, 6.45) is -1.27. The fourth-order valence-electron chi connectivity index (χ4n) is 2.03. The molecular weight excluding hydrogens is 345 g/mol. The van der Waals surface area contributed by atoms with Crippen LogP contribution in [-0.2, 0) is 4.74 Å². The van der Waals surface area contributed by atoms with Crippen LogP contribution in [0.5, 0.6) is 0 Å². The standard InChI is InChI=1S/C13H18INO3/c1-3-11(16)12(8(2)18-13(15)17)9-6-4-5-7-10(9)14/h4-8,11-12,16H,3H2,1-2H3,(H2,15,17). The number of aliphatic hydroxyl groups is 1. The predicted molar refractivity (Wildman–Crippen MR) is 78.3 cm³/mol. The first-order chi connectivity index (χ1) is 8.47. The van der Waals surface area contributed by atoms with Crippen molar-refractivity contribution in [2.45, 2.75) is 38.4 Å². The maximum atomic E-state index is 10.9. The molecule has 0 radical (unpaired) electrons. The van der Waals surface area contributed by atoms with E-state index in [2.05, 4.69) is 22.6 Å². The second-order valence-corrected chi connectivity index (χ2v) is 5.33. The van der Waals surface area contributed by atoms with Gasteiger partial charge >= 0.3 is 6.09 Å². The van der Waals surface area contributed by atoms with Crippen molar-refractivity contribution in [2.24, 2.45) is 5.73 Å². The van der Waals surface area contributed by atoms with Crippen LogP contribution in [0.3, 0.4) is 0 Å². The summed E-state index contributed by atoms with van der Waals surface area (Å²) in [5.41, 5.74) is 6.02. The molecule has 3 N–H and O–H groups in total. The number of primary amides is 1. The highest BCUT2D eigenvalue weighted by Crippen LogP contribution is 2.30. The molecule has 18 heavy (non-hydrogen) atoms. The van der Waals surface area contributed by atoms with Gasteiger partial charge in [-0.1, -0.05) is 25.1 Å². The fraction of sp³-hybridized carbons (Fsp3) is 0.462. The van der Waals surface area contributed by atoms with Gasteiger partial charge in [0.15, 0.2) is 0 Å². The van der Waals surface area contributed by atoms with Gasteiger partial charge in [0.1, 0.15) is 6.10 Å². The number of nitrogens with two attached hydrogens (primary N) is 1. The molecule has 1 aromatic carbocycles. The molecule has 1 amide bonds. The molecule has 0 aliphatic carbocycles. The Hall–Kier alpha value is -0.820. The number of ether oxygens (including phenoxy) is 1. The summed E-state index contributed by atoms with van der Waals surface area (Å²) in [4.78, 5) is 10.9. The highest BCUT2D eigenvalue weighted by Gasteiger charge is 2.29. The second kappa shape index (κ2) is 6.94. The van der Waals surface area contributed by atoms with Crippen molar-refractivity contribution in [1.29, 1.82) is 0 Å². The van der Waals surface area contributed by atoms with E-state index in [0.717, 1.165) is 9.13 Å². The zero-order chi connectivity index (χ0) is 13.7. The van der Waals surface area contributed by atoms with E-state index in [1.165, 1.54) is 0 Å². The topological polar surface area (TPSA) is 72.6 Å². The number of carbonyl (C=O) groups excluding carboxylic acids is 1. The number of halogens is 1. The summed E-state index contributed by atoms with van der Waals surface area (Å²) in [6.45, 7) is 3.64. The zero-order valence-electron chi connectivity index (χ0n) is 10.5. The van der Waals surface area contributed by atoms with Crippen molar-refractivity contribution in [3.63, 3.8) is 0 Å². The second-order valence-electron chi connectivity index (χ2n) is 4.16. The minimum Gasteiger partial charge on any atom is -0.446 e. The lowest BCUT2D eigenvalue weighted by Crippen LogP contribution is -2.33. The number of benzene rings is 1. The van der Waals surface area contributed by atoms with Gasteiger partial charge < -0.3 is 15.6 Å². The van der Waals surface area contributed by atoms with Gasteiger partial charge in [-0.3, -0.25) is 0 Å². The summed E-state index contributed by atoms with van der Waals surface area (Å²) < 4.78 is 6.05. The van der Waals surface area contributed by atoms with Crippen molar-refractivity contribution in [3.05, 3.63) is 33.4 Å². The molecule has 0 bridgehead atoms. The summed E-state index contributed by atoms with van der Waals surface area (Å²) in [6, 6.07) is 7.73. The van der Waals surface area contributed by atoms with Crippen molar-refractivity contribution in [2.75, 3.05) is 0 Å². The Bertz CT molecular complexity index is 411. The summed E-state index contributed by atoms with van der Waals surface area (Å²) in [5, 5.41) is 10.1. The van der Waals surface area contributed by atoms with Crippen LogP contribution in [0, 0.1) is 3.57 Å². The molecule has 3 atom stereocenters. The molecule has 1 rings (SSSR count). The maximum Gasteiger partial charge on any atom is 0.404 e. The predicted octanol–water partition coefficient (Wildman–Crippen LogP) is 2.63. The first-order valence-corrected chi connectivity index (χ1v) is 6.93. The fourth-order valence-corrected chi connectivity index (χ4v) is 2.78. The van der Waals surface area contributed by atoms with Gasteiger partial charge in [0.2, 0.25) is 0 Å². The average Bonchev–Trinajstić information content (AvgIpc) is 2.30. The largest absolute Gasteiger partial charge is 0.446 e. The lowest BCUT2D eigenvalue weighted by Gasteiger charge is -2.28. The monoisotopic (exact) mass is 363 g/mol. The molecule has 0 saturated carbocycles. The Labute approximate surface area is 121 Å². The molecule has 0 spiro atoms. The van der Waals surface area contributed by atoms with Gasteiger partial charge in [-0.05, 0) is 47.6 Å². The number of rotatable bonds is 5. The lowest BCUT2D eigenvalue weighted by molar-refractivity contribution is 0.0437. The molecule has 100 valence electrons. The average molecular weight is 363 g/mol. The van der Waals surface area contributed by atoms with Crippen molar-refractivity contribution >= 4 is 28.7 Å². The molecule has 3 unspecified atom stereocenters. The van der Waals surface area contributed by atoms with Crippen LogP contribution in [0.4, 0.5) is 4.79 Å². The molecule has 0 aliphatic rings. The van der Waals surface area contributed by atoms with E-state index in [4.69, 9.17) is 10.5 Å². The maximum absolute atomic E-state index is 10.9. The van der Waals surface area contributed by atoms with Crippen LogP contribution >= 0.6 is 22.6 Å². The summed E-state index contributed by atoms with van der Waals surface area (Å²) >= 11 is 2.21. The molecule has 0 aliphatic heterocycles. The normalized spacial score (nSPS) is 15.8. The highest BCUT2D eigenvalue weighted by atomic mass is 127. The molecule has 0 heterocycles. The highest BCUT2D eigenvalue weighted by molar-refractivity contribution is 14.1. The van der Waals surface area contributed by atoms with E-state index >= 15 is 0 Å². The van der Waals surface area contributed by atoms with Crippen LogP contribution in [0.15, 0.2) is 24.3 Å². The Kier molecular flexibility index (Phi) is 5.87. The van der Waals surface area contributed by atoms with E-state index < -0.39 is 18.3 Å². The van der Waals surface area contributed by atoms with E-state index in [0.29, 0.717) is 6.42 Å². The minimum absolute atomic E-state index is 0.268. The quantitative estimate of drug-likeness (QED) is 0.790. The molecule has 4 nitrogen and oxygen atoms in total. The molecule has 5 heteroatoms. The molecule has 0 aromatic heterocycles. The third kappa shape index (κ3) is 3.84. The Balaban J connectivity index is 3.05. The van der Waals surface area contributed by atoms with Gasteiger partial charge in [0, 0.05) is 9.49 Å². The molecule has 1 aromatic rings. The Morgan fingerprint density at radius 3 is 2.61 bits per heavy atom. The van der Waals surface area contributed by atoms with Crippen LogP contribution in [0.2, 0.25) is 0 Å². The SMILES string of the molecule is CCC(O)C(c1ccccc1I)C(C)OC(N)=O. The van der Waals surface area contributed by atoms with Crippen molar-refractivity contribution in [1.82, 2.24) is 0 Å². The molecule has 0 saturated heterocycles. The minimum atomic E-state index is -0.818. The first-order valence-electron chi connectivity index (χ1n) is 5.86. The van der Waals surface area contributed by atoms with Crippen LogP contribution < -0.4 is 5.73 Å². The lowest BCUT2D eigenvalue weighted by atomic mass is 9.87. The number of hydrogen-bond donors (Lipinski definition) is 2.